The molecular formula is C9H12O3S. The maximum Gasteiger partial charge on any atom is 0.192 e. The predicted molar refractivity (Wildman–Crippen MR) is 49.5 cm³/mol. The van der Waals surface area contributed by atoms with Gasteiger partial charge in [0.1, 0.15) is 0 Å². The number of ether oxygens (including phenoxy) is 2. The third-order valence-electron chi connectivity index (χ3n) is 2.17. The fourth-order valence-electron chi connectivity index (χ4n) is 1.38. The molecule has 13 heavy (non-hydrogen) atoms. The van der Waals surface area contributed by atoms with Crippen LogP contribution in [0.25, 0.3) is 0 Å². The summed E-state index contributed by atoms with van der Waals surface area (Å²) in [6.45, 7) is 3.27. The van der Waals surface area contributed by atoms with Gasteiger partial charge >= 0.3 is 0 Å². The minimum Gasteiger partial charge on any atom is -0.391 e. The molecule has 1 saturated heterocycles. The molecule has 2 rings (SSSR count). The highest BCUT2D eigenvalue weighted by Crippen LogP contribution is 2.33. The van der Waals surface area contributed by atoms with Crippen molar-refractivity contribution in [2.75, 3.05) is 13.2 Å². The maximum atomic E-state index is 8.91. The molecule has 1 fully saturated rings. The second kappa shape index (κ2) is 3.38. The zero-order chi connectivity index (χ0) is 9.31. The van der Waals surface area contributed by atoms with Crippen molar-refractivity contribution >= 4 is 11.3 Å². The van der Waals surface area contributed by atoms with Gasteiger partial charge in [-0.25, -0.2) is 0 Å². The second-order valence-corrected chi connectivity index (χ2v) is 4.10. The highest BCUT2D eigenvalue weighted by atomic mass is 32.1. The number of hydrogen-bond acceptors (Lipinski definition) is 4. The molecule has 1 aliphatic heterocycles. The Balaban J connectivity index is 2.23. The number of rotatable bonds is 2. The van der Waals surface area contributed by atoms with Crippen LogP contribution in [0.2, 0.25) is 0 Å². The molecule has 1 N–H and O–H groups in total. The highest BCUT2D eigenvalue weighted by Gasteiger charge is 2.33. The first-order chi connectivity index (χ1) is 6.24. The fourth-order valence-corrected chi connectivity index (χ4v) is 2.21. The predicted octanol–water partition coefficient (Wildman–Crippen LogP) is 1.46. The first-order valence-electron chi connectivity index (χ1n) is 4.21. The molecule has 0 unspecified atom stereocenters. The van der Waals surface area contributed by atoms with Crippen molar-refractivity contribution < 1.29 is 14.6 Å². The van der Waals surface area contributed by atoms with E-state index in [2.05, 4.69) is 0 Å². The van der Waals surface area contributed by atoms with Crippen LogP contribution in [0.3, 0.4) is 0 Å². The van der Waals surface area contributed by atoms with Gasteiger partial charge in [0.05, 0.1) is 19.8 Å². The van der Waals surface area contributed by atoms with Gasteiger partial charge in [0.2, 0.25) is 0 Å². The summed E-state index contributed by atoms with van der Waals surface area (Å²) in [6.07, 6.45) is 0. The number of hydrogen-bond donors (Lipinski definition) is 1. The van der Waals surface area contributed by atoms with Crippen LogP contribution in [-0.2, 0) is 21.9 Å². The van der Waals surface area contributed by atoms with Crippen LogP contribution in [0.15, 0.2) is 11.4 Å². The van der Waals surface area contributed by atoms with Crippen molar-refractivity contribution in [3.8, 4) is 0 Å². The van der Waals surface area contributed by atoms with Crippen LogP contribution in [0.4, 0.5) is 0 Å². The van der Waals surface area contributed by atoms with Gasteiger partial charge < -0.3 is 14.6 Å². The Morgan fingerprint density at radius 1 is 1.54 bits per heavy atom. The lowest BCUT2D eigenvalue weighted by Crippen LogP contribution is -2.21. The number of aliphatic hydroxyl groups is 1. The molecule has 3 nitrogen and oxygen atoms in total. The molecule has 72 valence electrons. The second-order valence-electron chi connectivity index (χ2n) is 3.10. The van der Waals surface area contributed by atoms with E-state index < -0.39 is 5.79 Å². The van der Waals surface area contributed by atoms with Gasteiger partial charge in [-0.1, -0.05) is 0 Å². The van der Waals surface area contributed by atoms with E-state index in [0.717, 1.165) is 10.4 Å². The molecular weight excluding hydrogens is 188 g/mol. The summed E-state index contributed by atoms with van der Waals surface area (Å²) in [5, 5.41) is 10.9. The third kappa shape index (κ3) is 1.62. The molecule has 0 spiro atoms. The molecule has 0 amide bonds. The normalized spacial score (nSPS) is 20.8. The van der Waals surface area contributed by atoms with Gasteiger partial charge in [0.25, 0.3) is 0 Å². The molecule has 0 bridgehead atoms. The topological polar surface area (TPSA) is 38.7 Å². The average Bonchev–Trinajstić information content (AvgIpc) is 2.72. The summed E-state index contributed by atoms with van der Waals surface area (Å²) < 4.78 is 11.0. The van der Waals surface area contributed by atoms with Crippen molar-refractivity contribution in [3.63, 3.8) is 0 Å². The van der Waals surface area contributed by atoms with Gasteiger partial charge in [-0.2, -0.15) is 0 Å². The van der Waals surface area contributed by atoms with Crippen molar-refractivity contribution in [3.05, 3.63) is 21.9 Å². The molecule has 0 atom stereocenters. The van der Waals surface area contributed by atoms with Crippen LogP contribution < -0.4 is 0 Å². The Morgan fingerprint density at radius 3 is 2.77 bits per heavy atom. The zero-order valence-corrected chi connectivity index (χ0v) is 8.26. The lowest BCUT2D eigenvalue weighted by atomic mass is 10.1. The molecule has 1 aromatic heterocycles. The molecule has 2 heterocycles. The summed E-state index contributed by atoms with van der Waals surface area (Å²) in [6, 6.07) is 1.93. The minimum absolute atomic E-state index is 0.0841. The van der Waals surface area contributed by atoms with Crippen LogP contribution in [-0.4, -0.2) is 18.3 Å². The molecule has 0 aromatic carbocycles. The van der Waals surface area contributed by atoms with E-state index in [4.69, 9.17) is 14.6 Å². The lowest BCUT2D eigenvalue weighted by molar-refractivity contribution is -0.149. The van der Waals surface area contributed by atoms with E-state index in [9.17, 15) is 0 Å². The third-order valence-corrected chi connectivity index (χ3v) is 3.09. The lowest BCUT2D eigenvalue weighted by Gasteiger charge is -2.20. The molecule has 1 aromatic rings. The monoisotopic (exact) mass is 200 g/mol. The Kier molecular flexibility index (Phi) is 2.38. The molecule has 0 aliphatic carbocycles. The van der Waals surface area contributed by atoms with Gasteiger partial charge in [-0.15, -0.1) is 11.3 Å². The Hall–Kier alpha value is -0.420. The molecule has 0 saturated carbocycles. The highest BCUT2D eigenvalue weighted by molar-refractivity contribution is 7.10. The van der Waals surface area contributed by atoms with Crippen molar-refractivity contribution in [2.24, 2.45) is 0 Å². The number of thiophene rings is 1. The van der Waals surface area contributed by atoms with Gasteiger partial charge in [-0.3, -0.25) is 0 Å². The Morgan fingerprint density at radius 2 is 2.23 bits per heavy atom. The van der Waals surface area contributed by atoms with Crippen molar-refractivity contribution in [1.29, 1.82) is 0 Å². The van der Waals surface area contributed by atoms with Gasteiger partial charge in [0, 0.05) is 10.4 Å². The van der Waals surface area contributed by atoms with Crippen LogP contribution in [0.1, 0.15) is 17.4 Å². The summed E-state index contributed by atoms with van der Waals surface area (Å²) in [4.78, 5) is 0.940. The molecule has 4 heteroatoms. The molecule has 1 aliphatic rings. The van der Waals surface area contributed by atoms with Crippen LogP contribution >= 0.6 is 11.3 Å². The maximum absolute atomic E-state index is 8.91. The van der Waals surface area contributed by atoms with E-state index in [0.29, 0.717) is 13.2 Å². The van der Waals surface area contributed by atoms with E-state index in [1.807, 2.05) is 18.4 Å². The van der Waals surface area contributed by atoms with E-state index in [1.54, 1.807) is 0 Å². The summed E-state index contributed by atoms with van der Waals surface area (Å²) in [5.41, 5.74) is 0.999. The summed E-state index contributed by atoms with van der Waals surface area (Å²) in [7, 11) is 0. The van der Waals surface area contributed by atoms with Crippen molar-refractivity contribution in [2.45, 2.75) is 19.3 Å². The quantitative estimate of drug-likeness (QED) is 0.785. The largest absolute Gasteiger partial charge is 0.391 e. The van der Waals surface area contributed by atoms with Crippen molar-refractivity contribution in [1.82, 2.24) is 0 Å². The first-order valence-corrected chi connectivity index (χ1v) is 5.09. The first kappa shape index (κ1) is 9.15. The summed E-state index contributed by atoms with van der Waals surface area (Å²) >= 11 is 1.52. The fraction of sp³-hybridized carbons (Fsp3) is 0.556. The van der Waals surface area contributed by atoms with Crippen LogP contribution in [0, 0.1) is 0 Å². The zero-order valence-electron chi connectivity index (χ0n) is 7.45. The Labute approximate surface area is 80.9 Å². The standard InChI is InChI=1S/C9H12O3S/c1-9(11-2-3-12-9)7-4-8(5-10)13-6-7/h4,6,10H,2-3,5H2,1H3. The van der Waals surface area contributed by atoms with E-state index in [1.165, 1.54) is 11.3 Å². The molecule has 0 radical (unpaired) electrons. The summed E-state index contributed by atoms with van der Waals surface area (Å²) in [5.74, 6) is -0.593. The number of aliphatic hydroxyl groups excluding tert-OH is 1. The van der Waals surface area contributed by atoms with Gasteiger partial charge in [-0.05, 0) is 18.4 Å². The van der Waals surface area contributed by atoms with Crippen LogP contribution in [0.5, 0.6) is 0 Å². The average molecular weight is 200 g/mol. The smallest absolute Gasteiger partial charge is 0.192 e. The minimum atomic E-state index is -0.593. The van der Waals surface area contributed by atoms with E-state index >= 15 is 0 Å². The SMILES string of the molecule is CC1(c2csc(CO)c2)OCCO1. The van der Waals surface area contributed by atoms with Gasteiger partial charge in [0.15, 0.2) is 5.79 Å². The Bertz CT molecular complexity index is 289. The van der Waals surface area contributed by atoms with E-state index in [-0.39, 0.29) is 6.61 Å².